The smallest absolute Gasteiger partial charge is 0.255 e. The highest BCUT2D eigenvalue weighted by molar-refractivity contribution is 7.88. The molecule has 23 heavy (non-hydrogen) atoms. The molecule has 0 unspecified atom stereocenters. The number of anilines is 1. The summed E-state index contributed by atoms with van der Waals surface area (Å²) < 4.78 is 22.2. The van der Waals surface area contributed by atoms with Crippen LogP contribution in [0.2, 0.25) is 0 Å². The van der Waals surface area contributed by atoms with Crippen LogP contribution < -0.4 is 10.5 Å². The normalized spacial score (nSPS) is 11.5. The summed E-state index contributed by atoms with van der Waals surface area (Å²) in [6, 6.07) is 6.28. The number of benzene rings is 1. The quantitative estimate of drug-likeness (QED) is 0.862. The average Bonchev–Trinajstić information content (AvgIpc) is 2.46. The van der Waals surface area contributed by atoms with Gasteiger partial charge in [0, 0.05) is 11.5 Å². The van der Waals surface area contributed by atoms with Crippen molar-refractivity contribution in [2.45, 2.75) is 25.5 Å². The van der Waals surface area contributed by atoms with E-state index in [1.807, 2.05) is 13.8 Å². The van der Waals surface area contributed by atoms with Crippen molar-refractivity contribution in [1.29, 1.82) is 0 Å². The fourth-order valence-corrected chi connectivity index (χ4v) is 2.58. The fourth-order valence-electron chi connectivity index (χ4n) is 1.94. The van der Waals surface area contributed by atoms with Crippen molar-refractivity contribution in [3.05, 3.63) is 53.6 Å². The molecule has 7 nitrogen and oxygen atoms in total. The van der Waals surface area contributed by atoms with Crippen molar-refractivity contribution in [2.24, 2.45) is 5.14 Å². The number of nitrogens with two attached hydrogens (primary N) is 1. The maximum absolute atomic E-state index is 12.2. The molecule has 1 aromatic heterocycles. The van der Waals surface area contributed by atoms with Gasteiger partial charge in [0.05, 0.1) is 23.8 Å². The van der Waals surface area contributed by atoms with Crippen LogP contribution in [0.4, 0.5) is 5.69 Å². The Morgan fingerprint density at radius 1 is 1.26 bits per heavy atom. The minimum Gasteiger partial charge on any atom is -0.319 e. The number of nitrogens with zero attached hydrogens (tertiary/aromatic N) is 2. The molecule has 0 bridgehead atoms. The first-order valence-corrected chi connectivity index (χ1v) is 8.69. The van der Waals surface area contributed by atoms with Crippen LogP contribution in [0.25, 0.3) is 0 Å². The Hall–Kier alpha value is -2.32. The second-order valence-electron chi connectivity index (χ2n) is 5.45. The Morgan fingerprint density at radius 2 is 1.91 bits per heavy atom. The molecule has 8 heteroatoms. The number of nitrogens with one attached hydrogen (secondary N) is 1. The number of carbonyl (C=O) groups excluding carboxylic acids is 1. The molecule has 0 atom stereocenters. The highest BCUT2D eigenvalue weighted by Crippen LogP contribution is 2.13. The molecule has 2 aromatic rings. The van der Waals surface area contributed by atoms with Crippen LogP contribution in [-0.4, -0.2) is 24.3 Å². The lowest BCUT2D eigenvalue weighted by Crippen LogP contribution is -2.16. The van der Waals surface area contributed by atoms with Gasteiger partial charge in [0.15, 0.2) is 0 Å². The second kappa shape index (κ2) is 6.84. The zero-order chi connectivity index (χ0) is 17.0. The maximum atomic E-state index is 12.2. The highest BCUT2D eigenvalue weighted by atomic mass is 32.2. The molecule has 0 fully saturated rings. The van der Waals surface area contributed by atoms with Crippen molar-refractivity contribution in [3.63, 3.8) is 0 Å². The van der Waals surface area contributed by atoms with Gasteiger partial charge in [-0.15, -0.1) is 0 Å². The van der Waals surface area contributed by atoms with Gasteiger partial charge < -0.3 is 5.32 Å². The van der Waals surface area contributed by atoms with Gasteiger partial charge in [0.25, 0.3) is 5.91 Å². The number of amides is 1. The molecule has 0 saturated heterocycles. The lowest BCUT2D eigenvalue weighted by atomic mass is 10.1. The van der Waals surface area contributed by atoms with Crippen LogP contribution >= 0.6 is 0 Å². The van der Waals surface area contributed by atoms with Crippen LogP contribution in [0.5, 0.6) is 0 Å². The number of rotatable bonds is 5. The minimum absolute atomic E-state index is 0.203. The molecule has 0 saturated carbocycles. The second-order valence-corrected chi connectivity index (χ2v) is 7.06. The van der Waals surface area contributed by atoms with Gasteiger partial charge in [0.1, 0.15) is 5.82 Å². The van der Waals surface area contributed by atoms with Crippen LogP contribution in [-0.2, 0) is 15.8 Å². The van der Waals surface area contributed by atoms with Gasteiger partial charge in [0.2, 0.25) is 10.0 Å². The fraction of sp³-hybridized carbons (Fsp3) is 0.267. The Morgan fingerprint density at radius 3 is 2.48 bits per heavy atom. The summed E-state index contributed by atoms with van der Waals surface area (Å²) in [6.07, 6.45) is 3.07. The molecule has 0 spiro atoms. The average molecular weight is 334 g/mol. The summed E-state index contributed by atoms with van der Waals surface area (Å²) in [4.78, 5) is 20.5. The topological polar surface area (TPSA) is 115 Å². The molecule has 2 rings (SSSR count). The van der Waals surface area contributed by atoms with E-state index in [4.69, 9.17) is 5.14 Å². The van der Waals surface area contributed by atoms with Gasteiger partial charge in [-0.2, -0.15) is 0 Å². The SMILES string of the molecule is CC(C)c1ncc(NC(=O)c2cccc(CS(N)(=O)=O)c2)cn1. The predicted octanol–water partition coefficient (Wildman–Crippen LogP) is 1.64. The molecule has 3 N–H and O–H groups in total. The van der Waals surface area contributed by atoms with E-state index in [1.165, 1.54) is 18.5 Å². The first-order valence-electron chi connectivity index (χ1n) is 6.97. The first kappa shape index (κ1) is 17.0. The summed E-state index contributed by atoms with van der Waals surface area (Å²) in [5.74, 6) is 0.204. The molecule has 122 valence electrons. The molecule has 0 aliphatic rings. The van der Waals surface area contributed by atoms with E-state index in [9.17, 15) is 13.2 Å². The lowest BCUT2D eigenvalue weighted by molar-refractivity contribution is 0.102. The Balaban J connectivity index is 2.13. The third kappa shape index (κ3) is 5.11. The van der Waals surface area contributed by atoms with Gasteiger partial charge in [-0.3, -0.25) is 4.79 Å². The standard InChI is InChI=1S/C15H18N4O3S/c1-10(2)14-17-7-13(8-18-14)19-15(20)12-5-3-4-11(6-12)9-23(16,21)22/h3-8,10H,9H2,1-2H3,(H,19,20)(H2,16,21,22). The van der Waals surface area contributed by atoms with Crippen molar-refractivity contribution in [1.82, 2.24) is 9.97 Å². The van der Waals surface area contributed by atoms with Crippen molar-refractivity contribution in [2.75, 3.05) is 5.32 Å². The third-order valence-electron chi connectivity index (χ3n) is 3.00. The van der Waals surface area contributed by atoms with E-state index in [0.29, 0.717) is 22.6 Å². The van der Waals surface area contributed by atoms with E-state index >= 15 is 0 Å². The number of sulfonamides is 1. The number of carbonyl (C=O) groups is 1. The number of hydrogen-bond donors (Lipinski definition) is 2. The first-order chi connectivity index (χ1) is 10.7. The maximum Gasteiger partial charge on any atom is 0.255 e. The predicted molar refractivity (Wildman–Crippen MR) is 87.3 cm³/mol. The van der Waals surface area contributed by atoms with E-state index < -0.39 is 10.0 Å². The lowest BCUT2D eigenvalue weighted by Gasteiger charge is -2.08. The monoisotopic (exact) mass is 334 g/mol. The summed E-state index contributed by atoms with van der Waals surface area (Å²) in [6.45, 7) is 3.95. The summed E-state index contributed by atoms with van der Waals surface area (Å²) in [5.41, 5.74) is 1.25. The van der Waals surface area contributed by atoms with Gasteiger partial charge in [-0.25, -0.2) is 23.5 Å². The van der Waals surface area contributed by atoms with Gasteiger partial charge in [-0.05, 0) is 17.7 Å². The van der Waals surface area contributed by atoms with Crippen LogP contribution in [0, 0.1) is 0 Å². The third-order valence-corrected chi connectivity index (χ3v) is 3.74. The van der Waals surface area contributed by atoms with Crippen LogP contribution in [0.3, 0.4) is 0 Å². The van der Waals surface area contributed by atoms with Crippen molar-refractivity contribution < 1.29 is 13.2 Å². The van der Waals surface area contributed by atoms with Crippen molar-refractivity contribution in [3.8, 4) is 0 Å². The zero-order valence-corrected chi connectivity index (χ0v) is 13.7. The molecule has 1 heterocycles. The minimum atomic E-state index is -3.64. The number of aromatic nitrogens is 2. The zero-order valence-electron chi connectivity index (χ0n) is 12.9. The molecule has 1 amide bonds. The summed E-state index contributed by atoms with van der Waals surface area (Å²) in [7, 11) is -3.64. The van der Waals surface area contributed by atoms with Gasteiger partial charge >= 0.3 is 0 Å². The Kier molecular flexibility index (Phi) is 5.07. The number of hydrogen-bond acceptors (Lipinski definition) is 5. The molecular weight excluding hydrogens is 316 g/mol. The molecule has 1 aromatic carbocycles. The number of primary sulfonamides is 1. The Bertz CT molecular complexity index is 802. The Labute approximate surface area is 135 Å². The van der Waals surface area contributed by atoms with E-state index in [0.717, 1.165) is 0 Å². The van der Waals surface area contributed by atoms with Crippen LogP contribution in [0.1, 0.15) is 41.5 Å². The largest absolute Gasteiger partial charge is 0.319 e. The highest BCUT2D eigenvalue weighted by Gasteiger charge is 2.11. The summed E-state index contributed by atoms with van der Waals surface area (Å²) >= 11 is 0. The van der Waals surface area contributed by atoms with Crippen LogP contribution in [0.15, 0.2) is 36.7 Å². The van der Waals surface area contributed by atoms with E-state index in [2.05, 4.69) is 15.3 Å². The van der Waals surface area contributed by atoms with E-state index in [1.54, 1.807) is 18.2 Å². The van der Waals surface area contributed by atoms with Gasteiger partial charge in [-0.1, -0.05) is 26.0 Å². The summed E-state index contributed by atoms with van der Waals surface area (Å²) in [5, 5.41) is 7.68. The molecule has 0 radical (unpaired) electrons. The van der Waals surface area contributed by atoms with Crippen molar-refractivity contribution >= 4 is 21.6 Å². The van der Waals surface area contributed by atoms with E-state index in [-0.39, 0.29) is 17.6 Å². The molecule has 0 aliphatic heterocycles. The molecular formula is C15H18N4O3S. The molecule has 0 aliphatic carbocycles.